The molecule has 1 heterocycles. The van der Waals surface area contributed by atoms with Gasteiger partial charge >= 0.3 is 0 Å². The molecule has 2 N–H and O–H groups in total. The molecule has 2 aromatic carbocycles. The number of anilines is 1. The first kappa shape index (κ1) is 19.5. The Labute approximate surface area is 177 Å². The van der Waals surface area contributed by atoms with E-state index in [0.29, 0.717) is 15.7 Å². The summed E-state index contributed by atoms with van der Waals surface area (Å²) < 4.78 is 6.24. The number of rotatable bonds is 3. The van der Waals surface area contributed by atoms with E-state index in [9.17, 15) is 14.7 Å². The van der Waals surface area contributed by atoms with Crippen LogP contribution in [0.3, 0.4) is 0 Å². The zero-order chi connectivity index (χ0) is 19.7. The molecule has 2 aromatic rings. The average Bonchev–Trinajstić information content (AvgIpc) is 2.61. The highest BCUT2D eigenvalue weighted by atomic mass is 79.9. The summed E-state index contributed by atoms with van der Waals surface area (Å²) in [6, 6.07) is 10.1. The standard InChI is InChI=1S/C18H12Br2N2O4S/c1-26-14-7-9(6-13(20)15(14)23)5-12-16(24)21-18(27)22(17(12)25)11-4-2-3-10(19)8-11/h2-8,23H,1H3,(H,21,24,27). The maximum Gasteiger partial charge on any atom is 0.270 e. The van der Waals surface area contributed by atoms with E-state index in [-0.39, 0.29) is 22.2 Å². The number of hydrogen-bond donors (Lipinski definition) is 2. The van der Waals surface area contributed by atoms with Crippen LogP contribution in [0.2, 0.25) is 0 Å². The van der Waals surface area contributed by atoms with Crippen LogP contribution in [0.25, 0.3) is 6.08 Å². The molecule has 1 saturated heterocycles. The fourth-order valence-corrected chi connectivity index (χ4v) is 3.63. The Balaban J connectivity index is 2.06. The smallest absolute Gasteiger partial charge is 0.270 e. The summed E-state index contributed by atoms with van der Waals surface area (Å²) in [6.07, 6.45) is 1.41. The second-order valence-corrected chi connectivity index (χ2v) is 7.65. The zero-order valence-electron chi connectivity index (χ0n) is 13.8. The quantitative estimate of drug-likeness (QED) is 0.372. The number of phenolic OH excluding ortho intramolecular Hbond substituents is 1. The number of hydrogen-bond acceptors (Lipinski definition) is 5. The van der Waals surface area contributed by atoms with Gasteiger partial charge < -0.3 is 9.84 Å². The highest BCUT2D eigenvalue weighted by Gasteiger charge is 2.34. The lowest BCUT2D eigenvalue weighted by Crippen LogP contribution is -2.54. The van der Waals surface area contributed by atoms with Crippen LogP contribution in [0, 0.1) is 0 Å². The zero-order valence-corrected chi connectivity index (χ0v) is 17.8. The third-order valence-corrected chi connectivity index (χ3v) is 5.13. The van der Waals surface area contributed by atoms with Crippen LogP contribution < -0.4 is 15.0 Å². The molecule has 27 heavy (non-hydrogen) atoms. The molecule has 0 unspecified atom stereocenters. The SMILES string of the molecule is COc1cc(C=C2C(=O)NC(=S)N(c3cccc(Br)c3)C2=O)cc(Br)c1O. The molecule has 0 atom stereocenters. The Hall–Kier alpha value is -2.23. The van der Waals surface area contributed by atoms with Crippen molar-refractivity contribution in [1.29, 1.82) is 0 Å². The van der Waals surface area contributed by atoms with Crippen molar-refractivity contribution in [3.8, 4) is 11.5 Å². The minimum absolute atomic E-state index is 0.00437. The topological polar surface area (TPSA) is 78.9 Å². The molecule has 0 aromatic heterocycles. The van der Waals surface area contributed by atoms with Crippen molar-refractivity contribution < 1.29 is 19.4 Å². The average molecular weight is 512 g/mol. The van der Waals surface area contributed by atoms with E-state index in [2.05, 4.69) is 37.2 Å². The molecule has 0 saturated carbocycles. The van der Waals surface area contributed by atoms with Crippen LogP contribution in [-0.4, -0.2) is 29.1 Å². The third kappa shape index (κ3) is 3.90. The number of nitrogens with one attached hydrogen (secondary N) is 1. The fraction of sp³-hybridized carbons (Fsp3) is 0.0556. The summed E-state index contributed by atoms with van der Waals surface area (Å²) in [4.78, 5) is 26.6. The summed E-state index contributed by atoms with van der Waals surface area (Å²) in [6.45, 7) is 0. The van der Waals surface area contributed by atoms with E-state index in [1.54, 1.807) is 24.3 Å². The van der Waals surface area contributed by atoms with E-state index in [1.807, 2.05) is 6.07 Å². The van der Waals surface area contributed by atoms with Gasteiger partial charge in [-0.15, -0.1) is 0 Å². The summed E-state index contributed by atoms with van der Waals surface area (Å²) in [5, 5.41) is 12.4. The van der Waals surface area contributed by atoms with Crippen LogP contribution in [0.1, 0.15) is 5.56 Å². The van der Waals surface area contributed by atoms with E-state index >= 15 is 0 Å². The number of halogens is 2. The lowest BCUT2D eigenvalue weighted by Gasteiger charge is -2.29. The van der Waals surface area contributed by atoms with Crippen molar-refractivity contribution in [2.24, 2.45) is 0 Å². The summed E-state index contributed by atoms with van der Waals surface area (Å²) >= 11 is 11.7. The molecule has 0 spiro atoms. The van der Waals surface area contributed by atoms with Crippen LogP contribution >= 0.6 is 44.1 Å². The van der Waals surface area contributed by atoms with Gasteiger partial charge in [-0.1, -0.05) is 22.0 Å². The first-order chi connectivity index (χ1) is 12.8. The second-order valence-electron chi connectivity index (χ2n) is 5.49. The Bertz CT molecular complexity index is 1010. The van der Waals surface area contributed by atoms with Crippen molar-refractivity contribution in [2.75, 3.05) is 12.0 Å². The van der Waals surface area contributed by atoms with Gasteiger partial charge in [0.15, 0.2) is 16.6 Å². The molecule has 1 aliphatic heterocycles. The van der Waals surface area contributed by atoms with Gasteiger partial charge in [-0.05, 0) is 70.1 Å². The molecule has 138 valence electrons. The molecule has 0 bridgehead atoms. The van der Waals surface area contributed by atoms with E-state index in [0.717, 1.165) is 4.47 Å². The van der Waals surface area contributed by atoms with Gasteiger partial charge in [0, 0.05) is 4.47 Å². The summed E-state index contributed by atoms with van der Waals surface area (Å²) in [7, 11) is 1.41. The first-order valence-corrected chi connectivity index (χ1v) is 9.54. The molecule has 0 radical (unpaired) electrons. The molecule has 6 nitrogen and oxygen atoms in total. The first-order valence-electron chi connectivity index (χ1n) is 7.55. The van der Waals surface area contributed by atoms with Gasteiger partial charge in [0.2, 0.25) is 0 Å². The highest BCUT2D eigenvalue weighted by molar-refractivity contribution is 9.10. The van der Waals surface area contributed by atoms with Crippen molar-refractivity contribution >= 4 is 72.8 Å². The second kappa shape index (κ2) is 7.79. The van der Waals surface area contributed by atoms with Gasteiger partial charge in [-0.25, -0.2) is 0 Å². The van der Waals surface area contributed by atoms with E-state index in [1.165, 1.54) is 24.2 Å². The Morgan fingerprint density at radius 3 is 2.63 bits per heavy atom. The van der Waals surface area contributed by atoms with Gasteiger partial charge in [0.1, 0.15) is 5.57 Å². The molecule has 1 aliphatic rings. The van der Waals surface area contributed by atoms with Crippen molar-refractivity contribution in [2.45, 2.75) is 0 Å². The van der Waals surface area contributed by atoms with Crippen molar-refractivity contribution in [3.05, 3.63) is 56.5 Å². The summed E-state index contributed by atoms with van der Waals surface area (Å²) in [5.74, 6) is -1.01. The van der Waals surface area contributed by atoms with Gasteiger partial charge in [-0.2, -0.15) is 0 Å². The number of aromatic hydroxyl groups is 1. The number of thiocarbonyl (C=S) groups is 1. The fourth-order valence-electron chi connectivity index (χ4n) is 2.51. The minimum Gasteiger partial charge on any atom is -0.503 e. The number of methoxy groups -OCH3 is 1. The van der Waals surface area contributed by atoms with Crippen LogP contribution in [0.15, 0.2) is 50.9 Å². The van der Waals surface area contributed by atoms with Crippen LogP contribution in [0.5, 0.6) is 11.5 Å². The highest BCUT2D eigenvalue weighted by Crippen LogP contribution is 2.36. The van der Waals surface area contributed by atoms with Crippen molar-refractivity contribution in [3.63, 3.8) is 0 Å². The maximum atomic E-state index is 13.0. The lowest BCUT2D eigenvalue weighted by atomic mass is 10.1. The number of phenols is 1. The maximum absolute atomic E-state index is 13.0. The van der Waals surface area contributed by atoms with Crippen LogP contribution in [-0.2, 0) is 9.59 Å². The van der Waals surface area contributed by atoms with E-state index in [4.69, 9.17) is 17.0 Å². The third-order valence-electron chi connectivity index (χ3n) is 3.75. The van der Waals surface area contributed by atoms with Crippen LogP contribution in [0.4, 0.5) is 5.69 Å². The largest absolute Gasteiger partial charge is 0.503 e. The number of nitrogens with zero attached hydrogens (tertiary/aromatic N) is 1. The number of benzene rings is 2. The number of carbonyl (C=O) groups is 2. The molecule has 9 heteroatoms. The monoisotopic (exact) mass is 510 g/mol. The predicted octanol–water partition coefficient (Wildman–Crippen LogP) is 3.76. The molecule has 1 fully saturated rings. The molecule has 3 rings (SSSR count). The minimum atomic E-state index is -0.598. The summed E-state index contributed by atoms with van der Waals surface area (Å²) in [5.41, 5.74) is 0.926. The predicted molar refractivity (Wildman–Crippen MR) is 113 cm³/mol. The van der Waals surface area contributed by atoms with Gasteiger partial charge in [0.25, 0.3) is 11.8 Å². The molecular formula is C18H12Br2N2O4S. The molecule has 2 amide bonds. The van der Waals surface area contributed by atoms with Gasteiger partial charge in [0.05, 0.1) is 17.3 Å². The van der Waals surface area contributed by atoms with Crippen molar-refractivity contribution in [1.82, 2.24) is 5.32 Å². The Kier molecular flexibility index (Phi) is 5.64. The molecular weight excluding hydrogens is 500 g/mol. The van der Waals surface area contributed by atoms with E-state index < -0.39 is 11.8 Å². The Morgan fingerprint density at radius 1 is 1.22 bits per heavy atom. The number of carbonyl (C=O) groups excluding carboxylic acids is 2. The Morgan fingerprint density at radius 2 is 1.96 bits per heavy atom. The van der Waals surface area contributed by atoms with Gasteiger partial charge in [-0.3, -0.25) is 19.8 Å². The lowest BCUT2D eigenvalue weighted by molar-refractivity contribution is -0.122. The molecule has 0 aliphatic carbocycles. The number of amides is 2. The number of ether oxygens (including phenoxy) is 1. The normalized spacial score (nSPS) is 15.9.